The highest BCUT2D eigenvalue weighted by atomic mass is 35.5. The molecule has 0 spiro atoms. The van der Waals surface area contributed by atoms with E-state index in [1.165, 1.54) is 6.92 Å². The molecule has 6 nitrogen and oxygen atoms in total. The molecule has 0 saturated carbocycles. The second-order valence-corrected chi connectivity index (χ2v) is 6.12. The number of ether oxygens (including phenoxy) is 1. The Balaban J connectivity index is 1.81. The Hall–Kier alpha value is -2.86. The number of benzene rings is 2. The molecule has 26 heavy (non-hydrogen) atoms. The van der Waals surface area contributed by atoms with Gasteiger partial charge in [0.1, 0.15) is 6.54 Å². The van der Waals surface area contributed by atoms with Gasteiger partial charge in [0.05, 0.1) is 0 Å². The van der Waals surface area contributed by atoms with Gasteiger partial charge in [0.15, 0.2) is 6.10 Å². The summed E-state index contributed by atoms with van der Waals surface area (Å²) in [6.07, 6.45) is -1.02. The largest absolute Gasteiger partial charge is 0.451 e. The van der Waals surface area contributed by atoms with Crippen LogP contribution in [-0.2, 0) is 14.3 Å². The van der Waals surface area contributed by atoms with Crippen LogP contribution in [0, 0.1) is 6.92 Å². The third-order valence-corrected chi connectivity index (χ3v) is 3.68. The summed E-state index contributed by atoms with van der Waals surface area (Å²) in [5.41, 5.74) is 1.88. The van der Waals surface area contributed by atoms with Crippen molar-refractivity contribution >= 4 is 35.1 Å². The number of amides is 2. The van der Waals surface area contributed by atoms with Crippen molar-refractivity contribution in [2.75, 3.05) is 11.9 Å². The Labute approximate surface area is 156 Å². The van der Waals surface area contributed by atoms with Gasteiger partial charge >= 0.3 is 5.97 Å². The van der Waals surface area contributed by atoms with E-state index in [0.717, 1.165) is 5.56 Å². The highest BCUT2D eigenvalue weighted by Gasteiger charge is 2.18. The molecule has 0 unspecified atom stereocenters. The third kappa shape index (κ3) is 5.89. The van der Waals surface area contributed by atoms with Gasteiger partial charge in [-0.1, -0.05) is 35.4 Å². The van der Waals surface area contributed by atoms with Crippen molar-refractivity contribution in [3.05, 3.63) is 64.7 Å². The number of hydrogen-bond acceptors (Lipinski definition) is 4. The van der Waals surface area contributed by atoms with E-state index in [9.17, 15) is 14.4 Å². The third-order valence-electron chi connectivity index (χ3n) is 3.44. The highest BCUT2D eigenvalue weighted by Crippen LogP contribution is 2.15. The average Bonchev–Trinajstić information content (AvgIpc) is 2.59. The number of aryl methyl sites for hydroxylation is 1. The number of rotatable bonds is 6. The van der Waals surface area contributed by atoms with Crippen LogP contribution >= 0.6 is 11.6 Å². The molecule has 136 valence electrons. The molecule has 2 aromatic carbocycles. The smallest absolute Gasteiger partial charge is 0.326 e. The zero-order valence-electron chi connectivity index (χ0n) is 14.4. The summed E-state index contributed by atoms with van der Waals surface area (Å²) in [6.45, 7) is 2.98. The molecule has 0 heterocycles. The molecule has 0 bridgehead atoms. The quantitative estimate of drug-likeness (QED) is 0.761. The van der Waals surface area contributed by atoms with Crippen LogP contribution in [0.2, 0.25) is 5.02 Å². The minimum atomic E-state index is -1.02. The first-order chi connectivity index (χ1) is 12.3. The first-order valence-electron chi connectivity index (χ1n) is 7.96. The number of hydrogen-bond donors (Lipinski definition) is 2. The fourth-order valence-electron chi connectivity index (χ4n) is 2.14. The molecular weight excluding hydrogens is 356 g/mol. The van der Waals surface area contributed by atoms with Gasteiger partial charge in [-0.2, -0.15) is 0 Å². The maximum absolute atomic E-state index is 12.0. The maximum Gasteiger partial charge on any atom is 0.326 e. The molecule has 2 amide bonds. The predicted octanol–water partition coefficient (Wildman–Crippen LogP) is 2.95. The molecule has 0 saturated heterocycles. The number of halogens is 1. The first kappa shape index (κ1) is 19.5. The van der Waals surface area contributed by atoms with Crippen molar-refractivity contribution < 1.29 is 19.1 Å². The molecule has 0 fully saturated rings. The minimum Gasteiger partial charge on any atom is -0.451 e. The average molecular weight is 375 g/mol. The van der Waals surface area contributed by atoms with Crippen LogP contribution in [0.1, 0.15) is 22.8 Å². The molecule has 0 aliphatic rings. The monoisotopic (exact) mass is 374 g/mol. The molecule has 0 aliphatic heterocycles. The van der Waals surface area contributed by atoms with Gasteiger partial charge < -0.3 is 15.4 Å². The van der Waals surface area contributed by atoms with Crippen LogP contribution in [0.3, 0.4) is 0 Å². The number of anilines is 1. The predicted molar refractivity (Wildman–Crippen MR) is 99.1 cm³/mol. The Kier molecular flexibility index (Phi) is 6.74. The van der Waals surface area contributed by atoms with Crippen LogP contribution in [0.15, 0.2) is 48.5 Å². The number of nitrogens with one attached hydrogen (secondary N) is 2. The molecule has 0 aliphatic carbocycles. The first-order valence-corrected chi connectivity index (χ1v) is 8.34. The summed E-state index contributed by atoms with van der Waals surface area (Å²) >= 11 is 5.85. The van der Waals surface area contributed by atoms with Crippen molar-refractivity contribution in [1.29, 1.82) is 0 Å². The summed E-state index contributed by atoms with van der Waals surface area (Å²) in [6, 6.07) is 13.6. The summed E-state index contributed by atoms with van der Waals surface area (Å²) < 4.78 is 5.03. The van der Waals surface area contributed by atoms with E-state index >= 15 is 0 Å². The SMILES string of the molecule is Cc1cccc(C(=O)NCC(=O)O[C@@H](C)C(=O)Nc2cccc(Cl)c2)c1. The van der Waals surface area contributed by atoms with Crippen molar-refractivity contribution in [1.82, 2.24) is 5.32 Å². The van der Waals surface area contributed by atoms with Gasteiger partial charge in [0.25, 0.3) is 11.8 Å². The van der Waals surface area contributed by atoms with E-state index in [0.29, 0.717) is 16.3 Å². The van der Waals surface area contributed by atoms with Crippen molar-refractivity contribution in [3.8, 4) is 0 Å². The summed E-state index contributed by atoms with van der Waals surface area (Å²) in [4.78, 5) is 35.9. The standard InChI is InChI=1S/C19H19ClN2O4/c1-12-5-3-6-14(9-12)19(25)21-11-17(23)26-13(2)18(24)22-16-8-4-7-15(20)10-16/h3-10,13H,11H2,1-2H3,(H,21,25)(H,22,24)/t13-/m0/s1. The number of carbonyl (C=O) groups excluding carboxylic acids is 3. The lowest BCUT2D eigenvalue weighted by Crippen LogP contribution is -2.35. The van der Waals surface area contributed by atoms with E-state index < -0.39 is 18.0 Å². The van der Waals surface area contributed by atoms with Crippen LogP contribution in [0.4, 0.5) is 5.69 Å². The number of carbonyl (C=O) groups is 3. The van der Waals surface area contributed by atoms with Crippen LogP contribution in [0.25, 0.3) is 0 Å². The Bertz CT molecular complexity index is 823. The van der Waals surface area contributed by atoms with E-state index in [1.54, 1.807) is 42.5 Å². The van der Waals surface area contributed by atoms with Crippen LogP contribution in [0.5, 0.6) is 0 Å². The lowest BCUT2D eigenvalue weighted by molar-refractivity contribution is -0.152. The maximum atomic E-state index is 12.0. The van der Waals surface area contributed by atoms with Crippen LogP contribution in [-0.4, -0.2) is 30.4 Å². The molecule has 7 heteroatoms. The summed E-state index contributed by atoms with van der Waals surface area (Å²) in [5, 5.41) is 5.54. The topological polar surface area (TPSA) is 84.5 Å². The van der Waals surface area contributed by atoms with Gasteiger partial charge in [0.2, 0.25) is 0 Å². The van der Waals surface area contributed by atoms with E-state index in [-0.39, 0.29) is 12.5 Å². The van der Waals surface area contributed by atoms with Gasteiger partial charge in [-0.05, 0) is 44.2 Å². The lowest BCUT2D eigenvalue weighted by Gasteiger charge is -2.14. The molecule has 0 radical (unpaired) electrons. The van der Waals surface area contributed by atoms with Gasteiger partial charge in [0, 0.05) is 16.3 Å². The fraction of sp³-hybridized carbons (Fsp3) is 0.211. The zero-order valence-corrected chi connectivity index (χ0v) is 15.2. The second-order valence-electron chi connectivity index (χ2n) is 5.68. The van der Waals surface area contributed by atoms with Crippen molar-refractivity contribution in [2.45, 2.75) is 20.0 Å². The van der Waals surface area contributed by atoms with Crippen LogP contribution < -0.4 is 10.6 Å². The Morgan fingerprint density at radius 2 is 1.85 bits per heavy atom. The number of esters is 1. The van der Waals surface area contributed by atoms with E-state index in [4.69, 9.17) is 16.3 Å². The van der Waals surface area contributed by atoms with E-state index in [2.05, 4.69) is 10.6 Å². The van der Waals surface area contributed by atoms with Gasteiger partial charge in [-0.3, -0.25) is 14.4 Å². The molecule has 2 rings (SSSR count). The molecule has 0 aromatic heterocycles. The van der Waals surface area contributed by atoms with Crippen molar-refractivity contribution in [3.63, 3.8) is 0 Å². The Morgan fingerprint density at radius 3 is 2.54 bits per heavy atom. The molecular formula is C19H19ClN2O4. The van der Waals surface area contributed by atoms with Gasteiger partial charge in [-0.25, -0.2) is 0 Å². The second kappa shape index (κ2) is 9.01. The summed E-state index contributed by atoms with van der Waals surface area (Å²) in [5.74, 6) is -1.59. The van der Waals surface area contributed by atoms with E-state index in [1.807, 2.05) is 13.0 Å². The minimum absolute atomic E-state index is 0.332. The zero-order chi connectivity index (χ0) is 19.1. The Morgan fingerprint density at radius 1 is 1.12 bits per heavy atom. The molecule has 1 atom stereocenters. The molecule has 2 aromatic rings. The molecule has 2 N–H and O–H groups in total. The highest BCUT2D eigenvalue weighted by molar-refractivity contribution is 6.30. The fourth-order valence-corrected chi connectivity index (χ4v) is 2.33. The van der Waals surface area contributed by atoms with Gasteiger partial charge in [-0.15, -0.1) is 0 Å². The lowest BCUT2D eigenvalue weighted by atomic mass is 10.1. The van der Waals surface area contributed by atoms with Crippen molar-refractivity contribution in [2.24, 2.45) is 0 Å². The summed E-state index contributed by atoms with van der Waals surface area (Å²) in [7, 11) is 0. The normalized spacial score (nSPS) is 11.3.